The fourth-order valence-electron chi connectivity index (χ4n) is 1.16. The quantitative estimate of drug-likeness (QED) is 0.744. The molecular formula is C12H12Cl2O3. The molecule has 0 N–H and O–H groups in total. The second kappa shape index (κ2) is 7.20. The molecule has 1 rings (SSSR count). The normalized spacial score (nSPS) is 11.1. The predicted molar refractivity (Wildman–Crippen MR) is 68.3 cm³/mol. The molecule has 0 aromatic heterocycles. The van der Waals surface area contributed by atoms with E-state index in [-0.39, 0.29) is 6.61 Å². The Morgan fingerprint density at radius 3 is 2.71 bits per heavy atom. The zero-order valence-corrected chi connectivity index (χ0v) is 10.8. The number of halogens is 2. The summed E-state index contributed by atoms with van der Waals surface area (Å²) < 4.78 is 10.8. The van der Waals surface area contributed by atoms with Crippen LogP contribution in [-0.2, 0) is 0 Å². The van der Waals surface area contributed by atoms with Gasteiger partial charge in [-0.05, 0) is 25.1 Å². The Hall–Kier alpha value is -1.19. The van der Waals surface area contributed by atoms with E-state index in [0.29, 0.717) is 28.7 Å². The first-order valence-corrected chi connectivity index (χ1v) is 5.82. The molecule has 0 fully saturated rings. The summed E-state index contributed by atoms with van der Waals surface area (Å²) in [6, 6.07) is 4.92. The standard InChI is InChI=1S/C12H12Cl2O3/c1-2-16-12-5-9(7-15)3-4-11(12)17-8-10(14)6-13/h3-7H,2,8H2,1H3. The van der Waals surface area contributed by atoms with Crippen molar-refractivity contribution in [2.75, 3.05) is 13.2 Å². The number of benzene rings is 1. The number of carbonyl (C=O) groups is 1. The Morgan fingerprint density at radius 2 is 2.12 bits per heavy atom. The highest BCUT2D eigenvalue weighted by atomic mass is 35.5. The molecule has 5 heteroatoms. The van der Waals surface area contributed by atoms with Gasteiger partial charge in [-0.3, -0.25) is 4.79 Å². The van der Waals surface area contributed by atoms with Crippen LogP contribution in [0, 0.1) is 0 Å². The largest absolute Gasteiger partial charge is 0.490 e. The van der Waals surface area contributed by atoms with Gasteiger partial charge in [-0.15, -0.1) is 0 Å². The fourth-order valence-corrected chi connectivity index (χ4v) is 1.28. The third-order valence-corrected chi connectivity index (χ3v) is 2.48. The minimum Gasteiger partial charge on any atom is -0.490 e. The van der Waals surface area contributed by atoms with Gasteiger partial charge in [-0.2, -0.15) is 0 Å². The van der Waals surface area contributed by atoms with Crippen LogP contribution in [0.4, 0.5) is 0 Å². The molecule has 0 saturated carbocycles. The lowest BCUT2D eigenvalue weighted by molar-refractivity contribution is 0.112. The molecule has 0 aliphatic heterocycles. The van der Waals surface area contributed by atoms with Crippen molar-refractivity contribution in [3.05, 3.63) is 34.3 Å². The number of rotatable bonds is 6. The van der Waals surface area contributed by atoms with E-state index in [9.17, 15) is 4.79 Å². The van der Waals surface area contributed by atoms with Gasteiger partial charge >= 0.3 is 0 Å². The molecular weight excluding hydrogens is 263 g/mol. The number of aldehydes is 1. The van der Waals surface area contributed by atoms with E-state index in [0.717, 1.165) is 6.29 Å². The highest BCUT2D eigenvalue weighted by molar-refractivity contribution is 6.36. The lowest BCUT2D eigenvalue weighted by Crippen LogP contribution is -2.01. The molecule has 1 aromatic carbocycles. The van der Waals surface area contributed by atoms with Crippen LogP contribution in [-0.4, -0.2) is 19.5 Å². The Kier molecular flexibility index (Phi) is 5.87. The highest BCUT2D eigenvalue weighted by Gasteiger charge is 2.06. The van der Waals surface area contributed by atoms with Gasteiger partial charge in [0.2, 0.25) is 0 Å². The van der Waals surface area contributed by atoms with Crippen molar-refractivity contribution in [3.8, 4) is 11.5 Å². The van der Waals surface area contributed by atoms with Crippen LogP contribution in [0.3, 0.4) is 0 Å². The van der Waals surface area contributed by atoms with Crippen molar-refractivity contribution in [3.63, 3.8) is 0 Å². The predicted octanol–water partition coefficient (Wildman–Crippen LogP) is 3.60. The topological polar surface area (TPSA) is 35.5 Å². The molecule has 92 valence electrons. The summed E-state index contributed by atoms with van der Waals surface area (Å²) in [5, 5.41) is 0.383. The second-order valence-electron chi connectivity index (χ2n) is 3.10. The zero-order chi connectivity index (χ0) is 12.7. The summed E-state index contributed by atoms with van der Waals surface area (Å²) in [5.74, 6) is 1.03. The number of hydrogen-bond donors (Lipinski definition) is 0. The van der Waals surface area contributed by atoms with Crippen LogP contribution < -0.4 is 9.47 Å². The maximum atomic E-state index is 10.6. The molecule has 0 atom stereocenters. The third kappa shape index (κ3) is 4.29. The Labute approximate surface area is 110 Å². The Morgan fingerprint density at radius 1 is 1.35 bits per heavy atom. The molecule has 17 heavy (non-hydrogen) atoms. The van der Waals surface area contributed by atoms with Crippen LogP contribution >= 0.6 is 23.2 Å². The highest BCUT2D eigenvalue weighted by Crippen LogP contribution is 2.28. The number of hydrogen-bond acceptors (Lipinski definition) is 3. The second-order valence-corrected chi connectivity index (χ2v) is 3.81. The van der Waals surface area contributed by atoms with Gasteiger partial charge in [0.1, 0.15) is 12.9 Å². The van der Waals surface area contributed by atoms with Gasteiger partial charge < -0.3 is 9.47 Å². The molecule has 0 bridgehead atoms. The Bertz CT molecular complexity index is 416. The smallest absolute Gasteiger partial charge is 0.161 e. The lowest BCUT2D eigenvalue weighted by atomic mass is 10.2. The average molecular weight is 275 g/mol. The van der Waals surface area contributed by atoms with Crippen LogP contribution in [0.5, 0.6) is 11.5 Å². The third-order valence-electron chi connectivity index (χ3n) is 1.89. The minimum atomic E-state index is 0.158. The van der Waals surface area contributed by atoms with E-state index in [2.05, 4.69) is 0 Å². The maximum Gasteiger partial charge on any atom is 0.161 e. The number of carbonyl (C=O) groups excluding carboxylic acids is 1. The van der Waals surface area contributed by atoms with Crippen molar-refractivity contribution >= 4 is 29.5 Å². The van der Waals surface area contributed by atoms with Crippen LogP contribution in [0.25, 0.3) is 0 Å². The van der Waals surface area contributed by atoms with Crippen molar-refractivity contribution in [2.24, 2.45) is 0 Å². The average Bonchev–Trinajstić information content (AvgIpc) is 2.37. The molecule has 3 nitrogen and oxygen atoms in total. The Balaban J connectivity index is 2.85. The summed E-state index contributed by atoms with van der Waals surface area (Å²) >= 11 is 11.1. The van der Waals surface area contributed by atoms with Crippen molar-refractivity contribution < 1.29 is 14.3 Å². The minimum absolute atomic E-state index is 0.158. The van der Waals surface area contributed by atoms with Gasteiger partial charge in [0, 0.05) is 11.1 Å². The van der Waals surface area contributed by atoms with E-state index in [1.165, 1.54) is 5.54 Å². The SMILES string of the molecule is CCOc1cc(C=O)ccc1OCC(Cl)=CCl. The molecule has 0 spiro atoms. The van der Waals surface area contributed by atoms with Crippen molar-refractivity contribution in [2.45, 2.75) is 6.92 Å². The molecule has 0 radical (unpaired) electrons. The molecule has 0 heterocycles. The molecule has 0 aliphatic rings. The van der Waals surface area contributed by atoms with Gasteiger partial charge in [-0.1, -0.05) is 23.2 Å². The van der Waals surface area contributed by atoms with Gasteiger partial charge in [0.05, 0.1) is 11.6 Å². The van der Waals surface area contributed by atoms with Crippen LogP contribution in [0.15, 0.2) is 28.8 Å². The van der Waals surface area contributed by atoms with Gasteiger partial charge in [0.15, 0.2) is 11.5 Å². The molecule has 0 amide bonds. The van der Waals surface area contributed by atoms with Crippen molar-refractivity contribution in [1.29, 1.82) is 0 Å². The monoisotopic (exact) mass is 274 g/mol. The molecule has 1 aromatic rings. The first kappa shape index (κ1) is 13.9. The summed E-state index contributed by atoms with van der Waals surface area (Å²) in [7, 11) is 0. The molecule has 0 unspecified atom stereocenters. The molecule has 0 aliphatic carbocycles. The van der Waals surface area contributed by atoms with E-state index in [4.69, 9.17) is 32.7 Å². The molecule has 0 saturated heterocycles. The van der Waals surface area contributed by atoms with Gasteiger partial charge in [0.25, 0.3) is 0 Å². The van der Waals surface area contributed by atoms with Gasteiger partial charge in [-0.25, -0.2) is 0 Å². The van der Waals surface area contributed by atoms with Crippen molar-refractivity contribution in [1.82, 2.24) is 0 Å². The zero-order valence-electron chi connectivity index (χ0n) is 9.28. The van der Waals surface area contributed by atoms with E-state index in [1.807, 2.05) is 6.92 Å². The summed E-state index contributed by atoms with van der Waals surface area (Å²) in [5.41, 5.74) is 1.77. The van der Waals surface area contributed by atoms with Crippen LogP contribution in [0.1, 0.15) is 17.3 Å². The summed E-state index contributed by atoms with van der Waals surface area (Å²) in [6.45, 7) is 2.49. The summed E-state index contributed by atoms with van der Waals surface area (Å²) in [4.78, 5) is 10.6. The summed E-state index contributed by atoms with van der Waals surface area (Å²) in [6.07, 6.45) is 0.748. The van der Waals surface area contributed by atoms with E-state index >= 15 is 0 Å². The van der Waals surface area contributed by atoms with E-state index in [1.54, 1.807) is 18.2 Å². The van der Waals surface area contributed by atoms with Crippen LogP contribution in [0.2, 0.25) is 0 Å². The fraction of sp³-hybridized carbons (Fsp3) is 0.250. The first-order chi connectivity index (χ1) is 8.21. The number of ether oxygens (including phenoxy) is 2. The lowest BCUT2D eigenvalue weighted by Gasteiger charge is -2.11. The van der Waals surface area contributed by atoms with E-state index < -0.39 is 0 Å². The maximum absolute atomic E-state index is 10.6. The first-order valence-electron chi connectivity index (χ1n) is 5.00.